The van der Waals surface area contributed by atoms with Gasteiger partial charge in [0.1, 0.15) is 10.7 Å². The van der Waals surface area contributed by atoms with E-state index in [1.807, 2.05) is 6.92 Å². The molecular weight excluding hydrogens is 408 g/mol. The highest BCUT2D eigenvalue weighted by Crippen LogP contribution is 2.42. The third kappa shape index (κ3) is 3.70. The molecule has 2 aliphatic heterocycles. The fourth-order valence-corrected chi connectivity index (χ4v) is 4.59. The molecule has 0 radical (unpaired) electrons. The van der Waals surface area contributed by atoms with E-state index in [1.54, 1.807) is 6.20 Å². The Morgan fingerprint density at radius 3 is 2.70 bits per heavy atom. The van der Waals surface area contributed by atoms with Crippen molar-refractivity contribution in [1.82, 2.24) is 19.7 Å². The Hall–Kier alpha value is -2.10. The number of nitrogens with one attached hydrogen (secondary N) is 2. The summed E-state index contributed by atoms with van der Waals surface area (Å²) in [5, 5.41) is 11.9. The molecule has 1 saturated heterocycles. The van der Waals surface area contributed by atoms with Gasteiger partial charge in [0.05, 0.1) is 37.8 Å². The Morgan fingerprint density at radius 1 is 1.17 bits per heavy atom. The van der Waals surface area contributed by atoms with Crippen LogP contribution >= 0.6 is 11.6 Å². The van der Waals surface area contributed by atoms with Gasteiger partial charge in [-0.15, -0.1) is 5.10 Å². The second kappa shape index (κ2) is 7.86. The van der Waals surface area contributed by atoms with Gasteiger partial charge in [-0.2, -0.15) is 4.98 Å². The van der Waals surface area contributed by atoms with Crippen molar-refractivity contribution in [1.29, 1.82) is 0 Å². The molecule has 0 aromatic carbocycles. The molecule has 1 unspecified atom stereocenters. The number of rotatable bonds is 1. The summed E-state index contributed by atoms with van der Waals surface area (Å²) in [5.74, 6) is 1.27. The van der Waals surface area contributed by atoms with Gasteiger partial charge in [0.25, 0.3) is 5.88 Å². The first-order chi connectivity index (χ1) is 14.5. The van der Waals surface area contributed by atoms with Gasteiger partial charge in [0.2, 0.25) is 5.95 Å². The van der Waals surface area contributed by atoms with Crippen molar-refractivity contribution in [2.45, 2.75) is 63.8 Å². The van der Waals surface area contributed by atoms with E-state index in [0.717, 1.165) is 43.5 Å². The SMILES string of the molecule is Cc1c2c(nn1C1CCC3(CC1)OCCO3)OCCC(C)Nc1nc(ncc1Cl)N2. The van der Waals surface area contributed by atoms with Crippen molar-refractivity contribution in [2.75, 3.05) is 30.5 Å². The van der Waals surface area contributed by atoms with Gasteiger partial charge < -0.3 is 24.8 Å². The third-order valence-corrected chi connectivity index (χ3v) is 6.42. The fraction of sp³-hybridized carbons (Fsp3) is 0.650. The van der Waals surface area contributed by atoms with E-state index in [2.05, 4.69) is 32.2 Å². The van der Waals surface area contributed by atoms with Crippen LogP contribution < -0.4 is 15.4 Å². The molecule has 1 aliphatic carbocycles. The Balaban J connectivity index is 1.43. The van der Waals surface area contributed by atoms with E-state index in [9.17, 15) is 0 Å². The van der Waals surface area contributed by atoms with Crippen molar-refractivity contribution in [3.05, 3.63) is 16.9 Å². The lowest BCUT2D eigenvalue weighted by molar-refractivity contribution is -0.181. The fourth-order valence-electron chi connectivity index (χ4n) is 4.44. The molecule has 162 valence electrons. The molecule has 1 saturated carbocycles. The molecule has 9 nitrogen and oxygen atoms in total. The van der Waals surface area contributed by atoms with E-state index >= 15 is 0 Å². The number of hydrogen-bond acceptors (Lipinski definition) is 8. The predicted octanol–water partition coefficient (Wildman–Crippen LogP) is 3.82. The largest absolute Gasteiger partial charge is 0.475 e. The van der Waals surface area contributed by atoms with Crippen LogP contribution in [-0.2, 0) is 9.47 Å². The molecule has 5 rings (SSSR count). The standard InChI is InChI=1S/C20H27ClN6O3/c1-12-5-8-28-18-16(24-19-22-11-15(21)17(23-12)25-19)13(2)27(26-18)14-3-6-20(7-4-14)29-9-10-30-20/h11-12,14H,3-10H2,1-2H3,(H2,22,23,24,25). The van der Waals surface area contributed by atoms with Crippen LogP contribution in [0.2, 0.25) is 5.02 Å². The maximum absolute atomic E-state index is 6.26. The summed E-state index contributed by atoms with van der Waals surface area (Å²) in [4.78, 5) is 8.87. The lowest BCUT2D eigenvalue weighted by Gasteiger charge is -2.35. The molecular formula is C20H27ClN6O3. The number of aromatic nitrogens is 4. The van der Waals surface area contributed by atoms with E-state index < -0.39 is 0 Å². The van der Waals surface area contributed by atoms with Crippen LogP contribution in [0, 0.1) is 6.92 Å². The zero-order valence-electron chi connectivity index (χ0n) is 17.3. The van der Waals surface area contributed by atoms with Crippen LogP contribution in [-0.4, -0.2) is 51.4 Å². The number of halogens is 1. The first-order valence-electron chi connectivity index (χ1n) is 10.6. The normalized spacial score (nSPS) is 23.8. The summed E-state index contributed by atoms with van der Waals surface area (Å²) in [6.45, 7) is 6.03. The average Bonchev–Trinajstić information content (AvgIpc) is 3.30. The van der Waals surface area contributed by atoms with Crippen LogP contribution in [0.4, 0.5) is 17.5 Å². The van der Waals surface area contributed by atoms with Crippen molar-refractivity contribution in [3.8, 4) is 5.88 Å². The highest BCUT2D eigenvalue weighted by molar-refractivity contribution is 6.32. The van der Waals surface area contributed by atoms with Gasteiger partial charge in [-0.05, 0) is 26.7 Å². The number of anilines is 3. The Labute approximate surface area is 180 Å². The smallest absolute Gasteiger partial charge is 0.257 e. The minimum atomic E-state index is -0.383. The Bertz CT molecular complexity index is 920. The van der Waals surface area contributed by atoms with Crippen LogP contribution in [0.1, 0.15) is 50.8 Å². The van der Waals surface area contributed by atoms with Crippen molar-refractivity contribution < 1.29 is 14.2 Å². The molecule has 1 atom stereocenters. The summed E-state index contributed by atoms with van der Waals surface area (Å²) in [6.07, 6.45) is 6.05. The maximum Gasteiger partial charge on any atom is 0.257 e. The van der Waals surface area contributed by atoms with Gasteiger partial charge in [-0.25, -0.2) is 4.98 Å². The van der Waals surface area contributed by atoms with Gasteiger partial charge in [0, 0.05) is 25.3 Å². The number of hydrogen-bond donors (Lipinski definition) is 2. The van der Waals surface area contributed by atoms with Crippen molar-refractivity contribution in [2.24, 2.45) is 0 Å². The van der Waals surface area contributed by atoms with Gasteiger partial charge in [-0.3, -0.25) is 4.68 Å². The molecule has 2 aromatic rings. The quantitative estimate of drug-likeness (QED) is 0.699. The highest BCUT2D eigenvalue weighted by Gasteiger charge is 2.41. The molecule has 3 aliphatic rings. The van der Waals surface area contributed by atoms with Gasteiger partial charge in [0.15, 0.2) is 11.6 Å². The number of ether oxygens (including phenoxy) is 3. The molecule has 1 spiro atoms. The van der Waals surface area contributed by atoms with E-state index in [-0.39, 0.29) is 17.9 Å². The van der Waals surface area contributed by atoms with E-state index in [0.29, 0.717) is 42.5 Å². The minimum absolute atomic E-state index is 0.149. The van der Waals surface area contributed by atoms with E-state index in [1.165, 1.54) is 0 Å². The average molecular weight is 435 g/mol. The first-order valence-corrected chi connectivity index (χ1v) is 11.0. The third-order valence-electron chi connectivity index (χ3n) is 6.15. The summed E-state index contributed by atoms with van der Waals surface area (Å²) in [7, 11) is 0. The molecule has 4 heterocycles. The topological polar surface area (TPSA) is 95.4 Å². The summed E-state index contributed by atoms with van der Waals surface area (Å²) in [6, 6.07) is 0.424. The Kier molecular flexibility index (Phi) is 5.20. The second-order valence-electron chi connectivity index (χ2n) is 8.25. The number of nitrogens with zero attached hydrogens (tertiary/aromatic N) is 4. The zero-order chi connectivity index (χ0) is 20.7. The van der Waals surface area contributed by atoms with Crippen molar-refractivity contribution in [3.63, 3.8) is 0 Å². The summed E-state index contributed by atoms with van der Waals surface area (Å²) in [5.41, 5.74) is 1.80. The molecule has 2 aromatic heterocycles. The molecule has 10 heteroatoms. The van der Waals surface area contributed by atoms with Gasteiger partial charge >= 0.3 is 0 Å². The monoisotopic (exact) mass is 434 g/mol. The molecule has 2 fully saturated rings. The maximum atomic E-state index is 6.26. The van der Waals surface area contributed by atoms with Crippen LogP contribution in [0.15, 0.2) is 6.20 Å². The predicted molar refractivity (Wildman–Crippen MR) is 113 cm³/mol. The van der Waals surface area contributed by atoms with E-state index in [4.69, 9.17) is 30.9 Å². The van der Waals surface area contributed by atoms with Crippen LogP contribution in [0.25, 0.3) is 0 Å². The lowest BCUT2D eigenvalue weighted by Crippen LogP contribution is -2.36. The van der Waals surface area contributed by atoms with Gasteiger partial charge in [-0.1, -0.05) is 11.6 Å². The number of fused-ring (bicyclic) bond motifs is 3. The molecule has 30 heavy (non-hydrogen) atoms. The van der Waals surface area contributed by atoms with Crippen LogP contribution in [0.5, 0.6) is 5.88 Å². The minimum Gasteiger partial charge on any atom is -0.475 e. The Morgan fingerprint density at radius 2 is 1.93 bits per heavy atom. The molecule has 2 N–H and O–H groups in total. The first kappa shape index (κ1) is 19.8. The van der Waals surface area contributed by atoms with Crippen LogP contribution in [0.3, 0.4) is 0 Å². The summed E-state index contributed by atoms with van der Waals surface area (Å²) < 4.78 is 19.9. The lowest BCUT2D eigenvalue weighted by atomic mass is 9.90. The highest BCUT2D eigenvalue weighted by atomic mass is 35.5. The second-order valence-corrected chi connectivity index (χ2v) is 8.65. The molecule has 0 amide bonds. The zero-order valence-corrected chi connectivity index (χ0v) is 18.0. The molecule has 2 bridgehead atoms. The summed E-state index contributed by atoms with van der Waals surface area (Å²) >= 11 is 6.26. The van der Waals surface area contributed by atoms with Crippen molar-refractivity contribution >= 4 is 29.1 Å².